The molecular formula is C14H22O3. The van der Waals surface area contributed by atoms with Crippen LogP contribution in [0.15, 0.2) is 11.6 Å². The number of unbranched alkanes of at least 4 members (excludes halogenated alkanes) is 1. The van der Waals surface area contributed by atoms with Gasteiger partial charge in [-0.2, -0.15) is 0 Å². The Hall–Kier alpha value is -1.12. The number of carbonyl (C=O) groups is 2. The van der Waals surface area contributed by atoms with Crippen LogP contribution >= 0.6 is 0 Å². The molecule has 0 spiro atoms. The Labute approximate surface area is 103 Å². The van der Waals surface area contributed by atoms with Crippen molar-refractivity contribution in [3.8, 4) is 0 Å². The van der Waals surface area contributed by atoms with Crippen LogP contribution in [0.25, 0.3) is 0 Å². The zero-order chi connectivity index (χ0) is 13.1. The van der Waals surface area contributed by atoms with Crippen LogP contribution in [0.2, 0.25) is 0 Å². The van der Waals surface area contributed by atoms with E-state index in [1.165, 1.54) is 7.11 Å². The average molecular weight is 238 g/mol. The zero-order valence-electron chi connectivity index (χ0n) is 11.2. The van der Waals surface area contributed by atoms with Crippen LogP contribution in [0, 0.1) is 17.3 Å². The molecule has 0 aromatic rings. The van der Waals surface area contributed by atoms with E-state index in [-0.39, 0.29) is 23.2 Å². The molecular weight excluding hydrogens is 216 g/mol. The second-order valence-corrected chi connectivity index (χ2v) is 5.31. The fraction of sp³-hybridized carbons (Fsp3) is 0.714. The van der Waals surface area contributed by atoms with Crippen LogP contribution in [0.5, 0.6) is 0 Å². The van der Waals surface area contributed by atoms with E-state index in [4.69, 9.17) is 4.74 Å². The Morgan fingerprint density at radius 2 is 2.06 bits per heavy atom. The molecule has 17 heavy (non-hydrogen) atoms. The summed E-state index contributed by atoms with van der Waals surface area (Å²) < 4.78 is 4.78. The first-order valence-electron chi connectivity index (χ1n) is 6.22. The quantitative estimate of drug-likeness (QED) is 0.406. The molecule has 0 bridgehead atoms. The van der Waals surface area contributed by atoms with Gasteiger partial charge in [-0.15, -0.1) is 0 Å². The fourth-order valence-corrected chi connectivity index (χ4v) is 2.36. The lowest BCUT2D eigenvalue weighted by molar-refractivity contribution is -0.143. The summed E-state index contributed by atoms with van der Waals surface area (Å²) >= 11 is 0. The summed E-state index contributed by atoms with van der Waals surface area (Å²) in [6, 6.07) is 0. The van der Waals surface area contributed by atoms with Gasteiger partial charge < -0.3 is 4.74 Å². The average Bonchev–Trinajstić information content (AvgIpc) is 2.85. The Morgan fingerprint density at radius 3 is 2.53 bits per heavy atom. The maximum Gasteiger partial charge on any atom is 0.309 e. The van der Waals surface area contributed by atoms with Crippen molar-refractivity contribution in [2.45, 2.75) is 40.0 Å². The van der Waals surface area contributed by atoms with Crippen molar-refractivity contribution in [1.82, 2.24) is 0 Å². The van der Waals surface area contributed by atoms with Crippen LogP contribution in [-0.2, 0) is 14.3 Å². The highest BCUT2D eigenvalue weighted by Crippen LogP contribution is 2.59. The third-order valence-corrected chi connectivity index (χ3v) is 3.73. The van der Waals surface area contributed by atoms with E-state index >= 15 is 0 Å². The van der Waals surface area contributed by atoms with Crippen molar-refractivity contribution in [1.29, 1.82) is 0 Å². The molecule has 1 rings (SSSR count). The zero-order valence-corrected chi connectivity index (χ0v) is 11.2. The number of carbonyl (C=O) groups excluding carboxylic acids is 2. The van der Waals surface area contributed by atoms with E-state index in [2.05, 4.69) is 6.92 Å². The molecule has 0 amide bonds. The molecule has 3 heteroatoms. The van der Waals surface area contributed by atoms with Crippen molar-refractivity contribution in [2.75, 3.05) is 7.11 Å². The van der Waals surface area contributed by atoms with Gasteiger partial charge in [0, 0.05) is 0 Å². The van der Waals surface area contributed by atoms with Gasteiger partial charge in [-0.05, 0) is 29.7 Å². The van der Waals surface area contributed by atoms with E-state index in [0.29, 0.717) is 0 Å². The minimum Gasteiger partial charge on any atom is -0.469 e. The van der Waals surface area contributed by atoms with Crippen molar-refractivity contribution in [2.24, 2.45) is 17.3 Å². The van der Waals surface area contributed by atoms with Gasteiger partial charge in [0.25, 0.3) is 0 Å². The van der Waals surface area contributed by atoms with Crippen LogP contribution in [-0.4, -0.2) is 19.4 Å². The molecule has 0 radical (unpaired) electrons. The molecule has 2 atom stereocenters. The number of methoxy groups -OCH3 is 1. The first-order chi connectivity index (χ1) is 7.98. The van der Waals surface area contributed by atoms with Crippen molar-refractivity contribution >= 4 is 12.3 Å². The molecule has 0 saturated heterocycles. The lowest BCUT2D eigenvalue weighted by Crippen LogP contribution is -2.07. The summed E-state index contributed by atoms with van der Waals surface area (Å²) in [6.45, 7) is 6.18. The molecule has 0 aromatic carbocycles. The van der Waals surface area contributed by atoms with Crippen LogP contribution in [0.1, 0.15) is 40.0 Å². The smallest absolute Gasteiger partial charge is 0.309 e. The predicted octanol–water partition coefficient (Wildman–Crippen LogP) is 2.75. The third-order valence-electron chi connectivity index (χ3n) is 3.73. The molecule has 0 heterocycles. The topological polar surface area (TPSA) is 43.4 Å². The monoisotopic (exact) mass is 238 g/mol. The van der Waals surface area contributed by atoms with Gasteiger partial charge in [-0.3, -0.25) is 9.59 Å². The summed E-state index contributed by atoms with van der Waals surface area (Å²) in [5.41, 5.74) is 0.740. The van der Waals surface area contributed by atoms with Gasteiger partial charge in [-0.1, -0.05) is 33.3 Å². The summed E-state index contributed by atoms with van der Waals surface area (Å²) in [6.07, 6.45) is 5.77. The van der Waals surface area contributed by atoms with Gasteiger partial charge in [0.05, 0.1) is 13.0 Å². The second kappa shape index (κ2) is 5.48. The Balaban J connectivity index is 2.71. The van der Waals surface area contributed by atoms with E-state index in [1.807, 2.05) is 19.9 Å². The van der Waals surface area contributed by atoms with Gasteiger partial charge >= 0.3 is 5.97 Å². The number of rotatable bonds is 6. The number of ether oxygens (including phenoxy) is 1. The van der Waals surface area contributed by atoms with Gasteiger partial charge in [0.1, 0.15) is 6.29 Å². The number of hydrogen-bond donors (Lipinski definition) is 0. The summed E-state index contributed by atoms with van der Waals surface area (Å²) in [4.78, 5) is 22.5. The molecule has 1 aliphatic rings. The highest BCUT2D eigenvalue weighted by molar-refractivity contribution is 5.79. The summed E-state index contributed by atoms with van der Waals surface area (Å²) in [7, 11) is 1.41. The van der Waals surface area contributed by atoms with Crippen LogP contribution in [0.4, 0.5) is 0 Å². The normalized spacial score (nSPS) is 26.5. The van der Waals surface area contributed by atoms with Gasteiger partial charge in [0.15, 0.2) is 0 Å². The van der Waals surface area contributed by atoms with Crippen molar-refractivity contribution < 1.29 is 14.3 Å². The molecule has 96 valence electrons. The molecule has 1 aliphatic carbocycles. The number of allylic oxidation sites excluding steroid dienone is 2. The number of aldehydes is 1. The Bertz CT molecular complexity index is 328. The van der Waals surface area contributed by atoms with Crippen LogP contribution < -0.4 is 0 Å². The highest BCUT2D eigenvalue weighted by Gasteiger charge is 2.61. The molecule has 0 N–H and O–H groups in total. The van der Waals surface area contributed by atoms with Gasteiger partial charge in [-0.25, -0.2) is 0 Å². The predicted molar refractivity (Wildman–Crippen MR) is 66.4 cm³/mol. The second-order valence-electron chi connectivity index (χ2n) is 5.31. The maximum atomic E-state index is 11.5. The SMILES string of the molecule is CCCC/C(C=O)=C/C1C(C(=O)OC)C1(C)C. The summed E-state index contributed by atoms with van der Waals surface area (Å²) in [5.74, 6) is -0.118. The Morgan fingerprint density at radius 1 is 1.41 bits per heavy atom. The van der Waals surface area contributed by atoms with E-state index < -0.39 is 0 Å². The molecule has 0 aromatic heterocycles. The molecule has 1 fully saturated rings. The summed E-state index contributed by atoms with van der Waals surface area (Å²) in [5, 5.41) is 0. The molecule has 3 nitrogen and oxygen atoms in total. The third kappa shape index (κ3) is 2.96. The van der Waals surface area contributed by atoms with E-state index in [1.54, 1.807) is 0 Å². The fourth-order valence-electron chi connectivity index (χ4n) is 2.36. The first-order valence-corrected chi connectivity index (χ1v) is 6.22. The minimum atomic E-state index is -0.169. The van der Waals surface area contributed by atoms with Crippen molar-refractivity contribution in [3.63, 3.8) is 0 Å². The van der Waals surface area contributed by atoms with Gasteiger partial charge in [0.2, 0.25) is 0 Å². The Kier molecular flexibility index (Phi) is 4.49. The van der Waals surface area contributed by atoms with E-state index in [0.717, 1.165) is 31.1 Å². The largest absolute Gasteiger partial charge is 0.469 e. The van der Waals surface area contributed by atoms with Crippen LogP contribution in [0.3, 0.4) is 0 Å². The first kappa shape index (κ1) is 13.9. The maximum absolute atomic E-state index is 11.5. The lowest BCUT2D eigenvalue weighted by Gasteiger charge is -2.00. The van der Waals surface area contributed by atoms with E-state index in [9.17, 15) is 9.59 Å². The number of hydrogen-bond acceptors (Lipinski definition) is 3. The lowest BCUT2D eigenvalue weighted by atomic mass is 10.0. The number of esters is 1. The molecule has 2 unspecified atom stereocenters. The molecule has 0 aliphatic heterocycles. The highest BCUT2D eigenvalue weighted by atomic mass is 16.5. The minimum absolute atomic E-state index is 0.0758. The standard InChI is InChI=1S/C14H22O3/c1-5-6-7-10(9-15)8-11-12(13(16)17-4)14(11,2)3/h8-9,11-12H,5-7H2,1-4H3/b10-8-. The van der Waals surface area contributed by atoms with Crippen molar-refractivity contribution in [3.05, 3.63) is 11.6 Å². The molecule has 1 saturated carbocycles.